The highest BCUT2D eigenvalue weighted by Crippen LogP contribution is 2.26. The molecular weight excluding hydrogens is 334 g/mol. The maximum absolute atomic E-state index is 4.45. The number of guanidine groups is 1. The van der Waals surface area contributed by atoms with Crippen LogP contribution in [-0.4, -0.2) is 67.6 Å². The quantitative estimate of drug-likeness (QED) is 0.617. The molecule has 0 spiro atoms. The van der Waals surface area contributed by atoms with Gasteiger partial charge in [0.2, 0.25) is 0 Å². The number of benzene rings is 1. The standard InChI is InChI=1S/C22H35N5/c1-23-22(25-20-11-14-27(17-20)21-8-4-5-9-21)24-12-15-26-13-10-18-6-2-3-7-19(18)16-26/h2-3,6-7,20-21H,4-5,8-17H2,1H3,(H2,23,24,25). The minimum absolute atomic E-state index is 0.540. The van der Waals surface area contributed by atoms with E-state index in [0.29, 0.717) is 6.04 Å². The monoisotopic (exact) mass is 369 g/mol. The summed E-state index contributed by atoms with van der Waals surface area (Å²) in [5, 5.41) is 7.18. The van der Waals surface area contributed by atoms with Gasteiger partial charge in [-0.15, -0.1) is 0 Å². The zero-order chi connectivity index (χ0) is 18.5. The van der Waals surface area contributed by atoms with Gasteiger partial charge in [0.05, 0.1) is 0 Å². The number of likely N-dealkylation sites (tertiary alicyclic amines) is 1. The van der Waals surface area contributed by atoms with Gasteiger partial charge in [0.1, 0.15) is 0 Å². The van der Waals surface area contributed by atoms with E-state index < -0.39 is 0 Å². The third kappa shape index (κ3) is 4.82. The van der Waals surface area contributed by atoms with Crippen LogP contribution in [0, 0.1) is 0 Å². The molecule has 2 aliphatic heterocycles. The Morgan fingerprint density at radius 3 is 2.74 bits per heavy atom. The van der Waals surface area contributed by atoms with Crippen LogP contribution in [0.5, 0.6) is 0 Å². The first-order chi connectivity index (χ1) is 13.3. The Balaban J connectivity index is 1.18. The summed E-state index contributed by atoms with van der Waals surface area (Å²) in [5.41, 5.74) is 3.01. The second kappa shape index (κ2) is 9.07. The minimum Gasteiger partial charge on any atom is -0.355 e. The molecule has 5 heteroatoms. The Morgan fingerprint density at radius 1 is 1.11 bits per heavy atom. The van der Waals surface area contributed by atoms with E-state index in [1.165, 1.54) is 62.7 Å². The normalized spacial score (nSPS) is 24.9. The van der Waals surface area contributed by atoms with Gasteiger partial charge in [0.15, 0.2) is 5.96 Å². The van der Waals surface area contributed by atoms with Gasteiger partial charge in [-0.05, 0) is 36.8 Å². The fraction of sp³-hybridized carbons (Fsp3) is 0.682. The predicted octanol–water partition coefficient (Wildman–Crippen LogP) is 2.23. The Kier molecular flexibility index (Phi) is 6.30. The van der Waals surface area contributed by atoms with Gasteiger partial charge >= 0.3 is 0 Å². The van der Waals surface area contributed by atoms with Crippen molar-refractivity contribution in [3.8, 4) is 0 Å². The van der Waals surface area contributed by atoms with Crippen molar-refractivity contribution in [3.63, 3.8) is 0 Å². The maximum Gasteiger partial charge on any atom is 0.191 e. The van der Waals surface area contributed by atoms with Gasteiger partial charge in [-0.1, -0.05) is 37.1 Å². The molecule has 2 N–H and O–H groups in total. The topological polar surface area (TPSA) is 42.9 Å². The summed E-state index contributed by atoms with van der Waals surface area (Å²) >= 11 is 0. The molecule has 1 unspecified atom stereocenters. The lowest BCUT2D eigenvalue weighted by Crippen LogP contribution is -2.47. The number of rotatable bonds is 5. The number of hydrogen-bond donors (Lipinski definition) is 2. The first-order valence-electron chi connectivity index (χ1n) is 10.8. The fourth-order valence-corrected chi connectivity index (χ4v) is 4.97. The molecule has 5 nitrogen and oxygen atoms in total. The molecule has 1 aromatic rings. The Bertz CT molecular complexity index is 637. The zero-order valence-electron chi connectivity index (χ0n) is 16.8. The number of nitrogens with one attached hydrogen (secondary N) is 2. The van der Waals surface area contributed by atoms with Gasteiger partial charge < -0.3 is 10.6 Å². The van der Waals surface area contributed by atoms with Crippen LogP contribution in [0.1, 0.15) is 43.2 Å². The van der Waals surface area contributed by atoms with Crippen molar-refractivity contribution >= 4 is 5.96 Å². The molecule has 3 aliphatic rings. The van der Waals surface area contributed by atoms with Crippen molar-refractivity contribution in [1.82, 2.24) is 20.4 Å². The lowest BCUT2D eigenvalue weighted by Gasteiger charge is -2.29. The summed E-state index contributed by atoms with van der Waals surface area (Å²) in [7, 11) is 1.89. The van der Waals surface area contributed by atoms with Crippen LogP contribution >= 0.6 is 0 Å². The fourth-order valence-electron chi connectivity index (χ4n) is 4.97. The van der Waals surface area contributed by atoms with Gasteiger partial charge in [0, 0.05) is 58.4 Å². The van der Waals surface area contributed by atoms with Crippen molar-refractivity contribution in [2.45, 2.75) is 57.2 Å². The smallest absolute Gasteiger partial charge is 0.191 e. The Hall–Kier alpha value is -1.59. The van der Waals surface area contributed by atoms with Crippen LogP contribution in [0.2, 0.25) is 0 Å². The van der Waals surface area contributed by atoms with Gasteiger partial charge in [-0.3, -0.25) is 14.8 Å². The lowest BCUT2D eigenvalue weighted by molar-refractivity contribution is 0.242. The highest BCUT2D eigenvalue weighted by Gasteiger charge is 2.30. The van der Waals surface area contributed by atoms with E-state index in [1.54, 1.807) is 0 Å². The molecule has 1 aromatic carbocycles. The highest BCUT2D eigenvalue weighted by molar-refractivity contribution is 5.80. The zero-order valence-corrected chi connectivity index (χ0v) is 16.8. The molecule has 0 amide bonds. The molecule has 1 saturated carbocycles. The largest absolute Gasteiger partial charge is 0.355 e. The average molecular weight is 370 g/mol. The average Bonchev–Trinajstić information content (AvgIpc) is 3.39. The van der Waals surface area contributed by atoms with Crippen LogP contribution in [0.3, 0.4) is 0 Å². The van der Waals surface area contributed by atoms with Crippen LogP contribution in [0.4, 0.5) is 0 Å². The lowest BCUT2D eigenvalue weighted by atomic mass is 10.00. The second-order valence-electron chi connectivity index (χ2n) is 8.36. The van der Waals surface area contributed by atoms with E-state index in [2.05, 4.69) is 49.7 Å². The minimum atomic E-state index is 0.540. The van der Waals surface area contributed by atoms with Crippen LogP contribution in [0.25, 0.3) is 0 Å². The molecule has 1 atom stereocenters. The van der Waals surface area contributed by atoms with E-state index in [0.717, 1.165) is 38.2 Å². The first kappa shape index (κ1) is 18.8. The second-order valence-corrected chi connectivity index (χ2v) is 8.36. The highest BCUT2D eigenvalue weighted by atomic mass is 15.3. The molecule has 27 heavy (non-hydrogen) atoms. The number of nitrogens with zero attached hydrogens (tertiary/aromatic N) is 3. The molecule has 2 fully saturated rings. The number of aliphatic imine (C=N–C) groups is 1. The third-order valence-corrected chi connectivity index (χ3v) is 6.56. The molecule has 0 radical (unpaired) electrons. The summed E-state index contributed by atoms with van der Waals surface area (Å²) in [6, 6.07) is 10.2. The van der Waals surface area contributed by atoms with Crippen molar-refractivity contribution in [3.05, 3.63) is 35.4 Å². The van der Waals surface area contributed by atoms with Gasteiger partial charge in [-0.25, -0.2) is 0 Å². The van der Waals surface area contributed by atoms with Gasteiger partial charge in [-0.2, -0.15) is 0 Å². The number of fused-ring (bicyclic) bond motifs is 1. The summed E-state index contributed by atoms with van der Waals surface area (Å²) in [4.78, 5) is 9.69. The maximum atomic E-state index is 4.45. The Labute approximate surface area is 164 Å². The molecule has 1 saturated heterocycles. The third-order valence-electron chi connectivity index (χ3n) is 6.56. The summed E-state index contributed by atoms with van der Waals surface area (Å²) < 4.78 is 0. The molecule has 1 aliphatic carbocycles. The predicted molar refractivity (Wildman–Crippen MR) is 112 cm³/mol. The summed E-state index contributed by atoms with van der Waals surface area (Å²) in [6.07, 6.45) is 8.05. The van der Waals surface area contributed by atoms with Crippen molar-refractivity contribution in [1.29, 1.82) is 0 Å². The summed E-state index contributed by atoms with van der Waals surface area (Å²) in [6.45, 7) is 6.65. The molecular formula is C22H35N5. The molecule has 4 rings (SSSR count). The SMILES string of the molecule is CN=C(NCCN1CCc2ccccc2C1)NC1CCN(C2CCCC2)C1. The van der Waals surface area contributed by atoms with E-state index in [1.807, 2.05) is 7.05 Å². The molecule has 148 valence electrons. The van der Waals surface area contributed by atoms with Crippen molar-refractivity contribution in [2.24, 2.45) is 4.99 Å². The summed E-state index contributed by atoms with van der Waals surface area (Å²) in [5.74, 6) is 0.964. The van der Waals surface area contributed by atoms with Crippen LogP contribution < -0.4 is 10.6 Å². The molecule has 0 bridgehead atoms. The number of hydrogen-bond acceptors (Lipinski definition) is 3. The van der Waals surface area contributed by atoms with Gasteiger partial charge in [0.25, 0.3) is 0 Å². The van der Waals surface area contributed by atoms with Crippen molar-refractivity contribution < 1.29 is 0 Å². The van der Waals surface area contributed by atoms with E-state index in [4.69, 9.17) is 0 Å². The Morgan fingerprint density at radius 2 is 1.93 bits per heavy atom. The van der Waals surface area contributed by atoms with Crippen LogP contribution in [0.15, 0.2) is 29.3 Å². The van der Waals surface area contributed by atoms with Crippen molar-refractivity contribution in [2.75, 3.05) is 39.8 Å². The van der Waals surface area contributed by atoms with Crippen LogP contribution in [-0.2, 0) is 13.0 Å². The molecule has 0 aromatic heterocycles. The first-order valence-corrected chi connectivity index (χ1v) is 10.8. The van der Waals surface area contributed by atoms with E-state index in [-0.39, 0.29) is 0 Å². The van der Waals surface area contributed by atoms with E-state index in [9.17, 15) is 0 Å². The molecule has 2 heterocycles. The van der Waals surface area contributed by atoms with E-state index >= 15 is 0 Å².